The average molecular weight is 233 g/mol. The fourth-order valence-corrected chi connectivity index (χ4v) is 5.41. The second kappa shape index (κ2) is 3.18. The second-order valence-electron chi connectivity index (χ2n) is 5.58. The Hall–Kier alpha value is -0.130. The molecule has 4 nitrogen and oxygen atoms in total. The molecule has 2 rings (SSSR count). The molecule has 3 unspecified atom stereocenters. The van der Waals surface area contributed by atoms with Gasteiger partial charge in [0.05, 0.1) is 17.4 Å². The molecule has 0 aromatic heterocycles. The lowest BCUT2D eigenvalue weighted by atomic mass is 9.90. The third-order valence-electron chi connectivity index (χ3n) is 3.39. The van der Waals surface area contributed by atoms with E-state index in [1.54, 1.807) is 0 Å². The number of hydrogen-bond acceptors (Lipinski definition) is 3. The second-order valence-corrected chi connectivity index (χ2v) is 7.67. The first-order chi connectivity index (χ1) is 6.74. The van der Waals surface area contributed by atoms with Crippen molar-refractivity contribution in [1.29, 1.82) is 0 Å². The fraction of sp³-hybridized carbons (Fsp3) is 1.00. The van der Waals surface area contributed by atoms with Crippen LogP contribution < -0.4 is 0 Å². The van der Waals surface area contributed by atoms with Crippen LogP contribution in [0.2, 0.25) is 0 Å². The van der Waals surface area contributed by atoms with E-state index in [1.807, 2.05) is 20.8 Å². The van der Waals surface area contributed by atoms with Gasteiger partial charge in [0.2, 0.25) is 10.0 Å². The van der Waals surface area contributed by atoms with Gasteiger partial charge in [0.1, 0.15) is 0 Å². The van der Waals surface area contributed by atoms with Crippen molar-refractivity contribution in [2.75, 3.05) is 0 Å². The van der Waals surface area contributed by atoms with Crippen molar-refractivity contribution in [1.82, 2.24) is 4.31 Å². The number of rotatable bonds is 0. The van der Waals surface area contributed by atoms with Crippen molar-refractivity contribution in [2.24, 2.45) is 0 Å². The molecular formula is C10H19NO3S. The molecule has 0 aromatic carbocycles. The molecule has 5 heteroatoms. The molecule has 0 spiro atoms. The van der Waals surface area contributed by atoms with Crippen LogP contribution in [0.4, 0.5) is 0 Å². The summed E-state index contributed by atoms with van der Waals surface area (Å²) in [5.41, 5.74) is -0.427. The Balaban J connectivity index is 2.44. The molecule has 88 valence electrons. The van der Waals surface area contributed by atoms with Gasteiger partial charge in [0.15, 0.2) is 0 Å². The van der Waals surface area contributed by atoms with Crippen LogP contribution in [0, 0.1) is 0 Å². The van der Waals surface area contributed by atoms with Gasteiger partial charge in [-0.15, -0.1) is 0 Å². The summed E-state index contributed by atoms with van der Waals surface area (Å²) < 4.78 is 25.9. The summed E-state index contributed by atoms with van der Waals surface area (Å²) in [6, 6.07) is -0.200. The fourth-order valence-electron chi connectivity index (χ4n) is 2.84. The van der Waals surface area contributed by atoms with Gasteiger partial charge >= 0.3 is 0 Å². The number of aliphatic hydroxyl groups is 1. The van der Waals surface area contributed by atoms with Gasteiger partial charge in [0.25, 0.3) is 0 Å². The molecule has 1 aliphatic carbocycles. The molecule has 2 aliphatic rings. The van der Waals surface area contributed by atoms with E-state index in [0.717, 1.165) is 0 Å². The minimum Gasteiger partial charge on any atom is -0.391 e. The molecule has 0 aromatic rings. The largest absolute Gasteiger partial charge is 0.391 e. The Morgan fingerprint density at radius 1 is 1.27 bits per heavy atom. The van der Waals surface area contributed by atoms with E-state index in [4.69, 9.17) is 0 Å². The average Bonchev–Trinajstić information content (AvgIpc) is 2.27. The lowest BCUT2D eigenvalue weighted by molar-refractivity contribution is 0.0456. The highest BCUT2D eigenvalue weighted by Crippen LogP contribution is 2.42. The van der Waals surface area contributed by atoms with Crippen LogP contribution >= 0.6 is 0 Å². The number of sulfonamides is 1. The summed E-state index contributed by atoms with van der Waals surface area (Å²) in [7, 11) is -3.18. The Morgan fingerprint density at radius 3 is 2.40 bits per heavy atom. The molecule has 2 fully saturated rings. The van der Waals surface area contributed by atoms with Crippen LogP contribution in [0.5, 0.6) is 0 Å². The number of aliphatic hydroxyl groups excluding tert-OH is 1. The maximum atomic E-state index is 12.2. The first-order valence-corrected chi connectivity index (χ1v) is 6.96. The summed E-state index contributed by atoms with van der Waals surface area (Å²) >= 11 is 0. The minimum absolute atomic E-state index is 0.200. The predicted molar refractivity (Wildman–Crippen MR) is 57.9 cm³/mol. The molecule has 1 saturated carbocycles. The molecular weight excluding hydrogens is 214 g/mol. The highest BCUT2D eigenvalue weighted by molar-refractivity contribution is 7.90. The van der Waals surface area contributed by atoms with E-state index in [1.165, 1.54) is 4.31 Å². The summed E-state index contributed by atoms with van der Waals surface area (Å²) in [5.74, 6) is 0. The van der Waals surface area contributed by atoms with Crippen molar-refractivity contribution in [2.45, 2.75) is 63.0 Å². The minimum atomic E-state index is -3.18. The van der Waals surface area contributed by atoms with Gasteiger partial charge < -0.3 is 5.11 Å². The number of fused-ring (bicyclic) bond motifs is 2. The van der Waals surface area contributed by atoms with E-state index in [0.29, 0.717) is 19.3 Å². The summed E-state index contributed by atoms with van der Waals surface area (Å²) in [5, 5.41) is 9.60. The topological polar surface area (TPSA) is 57.6 Å². The van der Waals surface area contributed by atoms with Crippen LogP contribution in [0.3, 0.4) is 0 Å². The van der Waals surface area contributed by atoms with Gasteiger partial charge in [-0.2, -0.15) is 4.31 Å². The Labute approximate surface area is 91.3 Å². The molecule has 1 N–H and O–H groups in total. The molecule has 0 amide bonds. The van der Waals surface area contributed by atoms with E-state index >= 15 is 0 Å². The smallest absolute Gasteiger partial charge is 0.217 e. The first kappa shape index (κ1) is 11.4. The molecule has 3 atom stereocenters. The van der Waals surface area contributed by atoms with Crippen LogP contribution in [0.1, 0.15) is 40.0 Å². The van der Waals surface area contributed by atoms with Gasteiger partial charge in [-0.1, -0.05) is 0 Å². The maximum absolute atomic E-state index is 12.2. The zero-order valence-corrected chi connectivity index (χ0v) is 10.3. The summed E-state index contributed by atoms with van der Waals surface area (Å²) in [4.78, 5) is 0. The SMILES string of the molecule is CC(C)(C)N1C2CC(CCC2O)S1(=O)=O. The summed E-state index contributed by atoms with van der Waals surface area (Å²) in [6.45, 7) is 5.66. The standard InChI is InChI=1S/C10H19NO3S/c1-10(2,3)11-8-6-7(15(11,13)14)4-5-9(8)12/h7-9,12H,4-6H2,1-3H3. The van der Waals surface area contributed by atoms with Gasteiger partial charge in [-0.3, -0.25) is 0 Å². The zero-order valence-electron chi connectivity index (χ0n) is 9.47. The third-order valence-corrected chi connectivity index (χ3v) is 6.03. The van der Waals surface area contributed by atoms with Crippen LogP contribution in [0.25, 0.3) is 0 Å². The number of hydrogen-bond donors (Lipinski definition) is 1. The summed E-state index contributed by atoms with van der Waals surface area (Å²) in [6.07, 6.45) is 1.33. The highest BCUT2D eigenvalue weighted by Gasteiger charge is 2.54. The molecule has 1 saturated heterocycles. The third kappa shape index (κ3) is 1.61. The van der Waals surface area contributed by atoms with Crippen LogP contribution in [0.15, 0.2) is 0 Å². The van der Waals surface area contributed by atoms with Crippen molar-refractivity contribution < 1.29 is 13.5 Å². The van der Waals surface area contributed by atoms with Crippen LogP contribution in [-0.2, 0) is 10.0 Å². The molecule has 15 heavy (non-hydrogen) atoms. The van der Waals surface area contributed by atoms with E-state index in [-0.39, 0.29) is 11.3 Å². The van der Waals surface area contributed by atoms with Crippen LogP contribution in [-0.4, -0.2) is 40.8 Å². The van der Waals surface area contributed by atoms with Gasteiger partial charge in [-0.05, 0) is 40.0 Å². The Morgan fingerprint density at radius 2 is 1.87 bits per heavy atom. The Kier molecular flexibility index (Phi) is 2.41. The zero-order chi connectivity index (χ0) is 11.4. The monoisotopic (exact) mass is 233 g/mol. The maximum Gasteiger partial charge on any atom is 0.217 e. The van der Waals surface area contributed by atoms with E-state index < -0.39 is 21.7 Å². The number of nitrogens with zero attached hydrogens (tertiary/aromatic N) is 1. The first-order valence-electron chi connectivity index (χ1n) is 5.46. The lowest BCUT2D eigenvalue weighted by Gasteiger charge is -2.36. The van der Waals surface area contributed by atoms with Gasteiger partial charge in [-0.25, -0.2) is 8.42 Å². The highest BCUT2D eigenvalue weighted by atomic mass is 32.2. The lowest BCUT2D eigenvalue weighted by Crippen LogP contribution is -2.50. The molecule has 2 bridgehead atoms. The van der Waals surface area contributed by atoms with Crippen molar-refractivity contribution in [3.05, 3.63) is 0 Å². The van der Waals surface area contributed by atoms with Crippen molar-refractivity contribution in [3.8, 4) is 0 Å². The molecule has 0 radical (unpaired) electrons. The molecule has 1 aliphatic heterocycles. The van der Waals surface area contributed by atoms with Crippen molar-refractivity contribution >= 4 is 10.0 Å². The molecule has 1 heterocycles. The normalized spacial score (nSPS) is 40.7. The predicted octanol–water partition coefficient (Wildman–Crippen LogP) is 0.712. The van der Waals surface area contributed by atoms with E-state index in [2.05, 4.69) is 0 Å². The van der Waals surface area contributed by atoms with Gasteiger partial charge in [0, 0.05) is 5.54 Å². The van der Waals surface area contributed by atoms with E-state index in [9.17, 15) is 13.5 Å². The quantitative estimate of drug-likeness (QED) is 0.670. The van der Waals surface area contributed by atoms with Crippen molar-refractivity contribution in [3.63, 3.8) is 0 Å². The Bertz CT molecular complexity index is 357.